The highest BCUT2D eigenvalue weighted by Crippen LogP contribution is 2.47. The Morgan fingerprint density at radius 2 is 0.931 bits per heavy atom. The molecule has 0 bridgehead atoms. The summed E-state index contributed by atoms with van der Waals surface area (Å²) in [6.45, 7) is 0. The molecule has 3 aromatic heterocycles. The van der Waals surface area contributed by atoms with Gasteiger partial charge in [0.25, 0.3) is 0 Å². The first-order valence-electron chi connectivity index (χ1n) is 19.7. The average Bonchev–Trinajstić information content (AvgIpc) is 3.97. The van der Waals surface area contributed by atoms with Gasteiger partial charge in [0.1, 0.15) is 22.3 Å². The lowest BCUT2D eigenvalue weighted by Crippen LogP contribution is -2.10. The molecule has 0 aliphatic carbocycles. The summed E-state index contributed by atoms with van der Waals surface area (Å²) in [6, 6.07) is 73.1. The molecule has 4 heteroatoms. The summed E-state index contributed by atoms with van der Waals surface area (Å²) in [5.74, 6) is 0. The van der Waals surface area contributed by atoms with E-state index in [0.29, 0.717) is 0 Å². The Balaban J connectivity index is 1.10. The molecule has 0 amide bonds. The zero-order valence-electron chi connectivity index (χ0n) is 31.3. The Hall–Kier alpha value is -7.82. The maximum Gasteiger partial charge on any atom is 0.145 e. The van der Waals surface area contributed by atoms with Crippen LogP contribution >= 0.6 is 0 Å². The summed E-state index contributed by atoms with van der Waals surface area (Å²) in [5, 5.41) is 6.76. The number of nitrogens with zero attached hydrogens (tertiary/aromatic N) is 2. The topological polar surface area (TPSA) is 34.5 Å². The molecule has 58 heavy (non-hydrogen) atoms. The Kier molecular flexibility index (Phi) is 7.20. The maximum absolute atomic E-state index is 6.78. The molecule has 0 aliphatic heterocycles. The summed E-state index contributed by atoms with van der Waals surface area (Å²) in [4.78, 5) is 2.37. The highest BCUT2D eigenvalue weighted by molar-refractivity contribution is 6.18. The van der Waals surface area contributed by atoms with Gasteiger partial charge >= 0.3 is 0 Å². The van der Waals surface area contributed by atoms with E-state index in [1.165, 1.54) is 27.4 Å². The van der Waals surface area contributed by atoms with Crippen molar-refractivity contribution in [1.82, 2.24) is 4.57 Å². The number of hydrogen-bond donors (Lipinski definition) is 0. The molecule has 12 rings (SSSR count). The molecule has 0 fully saturated rings. The lowest BCUT2D eigenvalue weighted by atomic mass is 9.99. The minimum atomic E-state index is 0.851. The number of benzene rings is 9. The quantitative estimate of drug-likeness (QED) is 0.170. The second kappa shape index (κ2) is 12.9. The van der Waals surface area contributed by atoms with Crippen LogP contribution in [-0.2, 0) is 0 Å². The fourth-order valence-electron chi connectivity index (χ4n) is 8.94. The molecule has 12 aromatic rings. The van der Waals surface area contributed by atoms with Crippen LogP contribution in [0, 0.1) is 0 Å². The van der Waals surface area contributed by atoms with Crippen molar-refractivity contribution in [3.05, 3.63) is 206 Å². The van der Waals surface area contributed by atoms with Crippen molar-refractivity contribution in [2.24, 2.45) is 0 Å². The standard InChI is InChI=1S/C54H34N2O2/c1-3-13-35(14-4-1)37-23-31-51-45(33-37)46-34-40(28-32-52(46)57-51)55(38-24-26-39(27-25-38)56-47-20-10-7-17-42(47)43-18-8-11-21-48(43)56)49-30-29-41(36-15-5-2-6-16-36)54-53(49)44-19-9-12-22-50(44)58-54/h1-34H. The smallest absolute Gasteiger partial charge is 0.145 e. The highest BCUT2D eigenvalue weighted by Gasteiger charge is 2.23. The highest BCUT2D eigenvalue weighted by atomic mass is 16.3. The summed E-state index contributed by atoms with van der Waals surface area (Å²) in [7, 11) is 0. The Morgan fingerprint density at radius 1 is 0.362 bits per heavy atom. The van der Waals surface area contributed by atoms with Gasteiger partial charge in [-0.1, -0.05) is 121 Å². The monoisotopic (exact) mass is 742 g/mol. The molecular weight excluding hydrogens is 709 g/mol. The van der Waals surface area contributed by atoms with Crippen LogP contribution in [0.4, 0.5) is 17.1 Å². The second-order valence-electron chi connectivity index (χ2n) is 14.9. The van der Waals surface area contributed by atoms with Gasteiger partial charge < -0.3 is 18.3 Å². The number of hydrogen-bond acceptors (Lipinski definition) is 3. The molecular formula is C54H34N2O2. The average molecular weight is 743 g/mol. The van der Waals surface area contributed by atoms with Crippen molar-refractivity contribution >= 4 is 82.7 Å². The molecule has 0 N–H and O–H groups in total. The SMILES string of the molecule is c1ccc(-c2ccc3oc4ccc(N(c5ccc(-n6c7ccccc7c7ccccc76)cc5)c5ccc(-c6ccccc6)c6oc7ccccc7c56)cc4c3c2)cc1. The molecule has 0 saturated carbocycles. The van der Waals surface area contributed by atoms with Crippen LogP contribution in [0.1, 0.15) is 0 Å². The predicted octanol–water partition coefficient (Wildman–Crippen LogP) is 15.4. The minimum absolute atomic E-state index is 0.851. The molecule has 272 valence electrons. The molecule has 0 saturated heterocycles. The van der Waals surface area contributed by atoms with E-state index >= 15 is 0 Å². The number of furan rings is 2. The molecule has 0 aliphatic rings. The van der Waals surface area contributed by atoms with Crippen LogP contribution in [-0.4, -0.2) is 4.57 Å². The third-order valence-electron chi connectivity index (χ3n) is 11.6. The van der Waals surface area contributed by atoms with Gasteiger partial charge in [-0.2, -0.15) is 0 Å². The van der Waals surface area contributed by atoms with Gasteiger partial charge in [0.2, 0.25) is 0 Å². The number of rotatable bonds is 6. The molecule has 0 unspecified atom stereocenters. The first-order valence-corrected chi connectivity index (χ1v) is 19.7. The first-order chi connectivity index (χ1) is 28.8. The van der Waals surface area contributed by atoms with Crippen LogP contribution in [0.2, 0.25) is 0 Å². The van der Waals surface area contributed by atoms with E-state index in [1.807, 2.05) is 6.07 Å². The Morgan fingerprint density at radius 3 is 1.66 bits per heavy atom. The third kappa shape index (κ3) is 5.02. The van der Waals surface area contributed by atoms with Crippen molar-refractivity contribution in [3.63, 3.8) is 0 Å². The summed E-state index contributed by atoms with van der Waals surface area (Å²) in [5.41, 5.74) is 14.5. The van der Waals surface area contributed by atoms with Crippen molar-refractivity contribution in [2.75, 3.05) is 4.90 Å². The van der Waals surface area contributed by atoms with E-state index in [0.717, 1.165) is 83.3 Å². The van der Waals surface area contributed by atoms with Crippen molar-refractivity contribution < 1.29 is 8.83 Å². The van der Waals surface area contributed by atoms with Crippen LogP contribution in [0.15, 0.2) is 215 Å². The van der Waals surface area contributed by atoms with E-state index in [-0.39, 0.29) is 0 Å². The van der Waals surface area contributed by atoms with Crippen molar-refractivity contribution in [3.8, 4) is 27.9 Å². The molecule has 4 nitrogen and oxygen atoms in total. The van der Waals surface area contributed by atoms with Gasteiger partial charge in [-0.3, -0.25) is 0 Å². The molecule has 0 atom stereocenters. The Bertz CT molecular complexity index is 3450. The van der Waals surface area contributed by atoms with Crippen LogP contribution < -0.4 is 4.90 Å². The van der Waals surface area contributed by atoms with Gasteiger partial charge in [0.15, 0.2) is 0 Å². The molecule has 3 heterocycles. The lowest BCUT2D eigenvalue weighted by Gasteiger charge is -2.27. The number of para-hydroxylation sites is 3. The number of anilines is 3. The van der Waals surface area contributed by atoms with Gasteiger partial charge in [-0.05, 0) is 102 Å². The van der Waals surface area contributed by atoms with Gasteiger partial charge in [-0.25, -0.2) is 0 Å². The molecule has 0 radical (unpaired) electrons. The maximum atomic E-state index is 6.78. The minimum Gasteiger partial charge on any atom is -0.456 e. The summed E-state index contributed by atoms with van der Waals surface area (Å²) in [6.07, 6.45) is 0. The van der Waals surface area contributed by atoms with Gasteiger partial charge in [0, 0.05) is 49.6 Å². The fraction of sp³-hybridized carbons (Fsp3) is 0. The van der Waals surface area contributed by atoms with Crippen molar-refractivity contribution in [1.29, 1.82) is 0 Å². The van der Waals surface area contributed by atoms with Gasteiger partial charge in [0.05, 0.1) is 22.1 Å². The van der Waals surface area contributed by atoms with E-state index < -0.39 is 0 Å². The first kappa shape index (κ1) is 32.4. The van der Waals surface area contributed by atoms with Crippen LogP contribution in [0.25, 0.3) is 93.6 Å². The lowest BCUT2D eigenvalue weighted by molar-refractivity contribution is 0.669. The van der Waals surface area contributed by atoms with Crippen molar-refractivity contribution in [2.45, 2.75) is 0 Å². The predicted molar refractivity (Wildman–Crippen MR) is 241 cm³/mol. The zero-order chi connectivity index (χ0) is 38.2. The van der Waals surface area contributed by atoms with E-state index in [2.05, 4.69) is 210 Å². The number of aromatic nitrogens is 1. The normalized spacial score (nSPS) is 11.8. The summed E-state index contributed by atoms with van der Waals surface area (Å²) < 4.78 is 15.6. The van der Waals surface area contributed by atoms with E-state index in [9.17, 15) is 0 Å². The third-order valence-corrected chi connectivity index (χ3v) is 11.6. The van der Waals surface area contributed by atoms with E-state index in [1.54, 1.807) is 0 Å². The molecule has 0 spiro atoms. The molecule has 9 aromatic carbocycles. The Labute approximate surface area is 334 Å². The zero-order valence-corrected chi connectivity index (χ0v) is 31.3. The fourth-order valence-corrected chi connectivity index (χ4v) is 8.94. The van der Waals surface area contributed by atoms with Gasteiger partial charge in [-0.15, -0.1) is 0 Å². The second-order valence-corrected chi connectivity index (χ2v) is 14.9. The van der Waals surface area contributed by atoms with Crippen LogP contribution in [0.3, 0.4) is 0 Å². The largest absolute Gasteiger partial charge is 0.456 e. The summed E-state index contributed by atoms with van der Waals surface area (Å²) >= 11 is 0. The number of fused-ring (bicyclic) bond motifs is 9. The van der Waals surface area contributed by atoms with E-state index in [4.69, 9.17) is 8.83 Å². The van der Waals surface area contributed by atoms with Crippen LogP contribution in [0.5, 0.6) is 0 Å².